The van der Waals surface area contributed by atoms with E-state index in [2.05, 4.69) is 5.32 Å². The molecule has 1 aliphatic heterocycles. The lowest BCUT2D eigenvalue weighted by Gasteiger charge is -2.21. The molecule has 2 N–H and O–H groups in total. The molecule has 0 saturated heterocycles. The van der Waals surface area contributed by atoms with Gasteiger partial charge in [-0.05, 0) is 23.6 Å². The van der Waals surface area contributed by atoms with E-state index in [0.29, 0.717) is 0 Å². The Morgan fingerprint density at radius 3 is 2.88 bits per heavy atom. The second-order valence-corrected chi connectivity index (χ2v) is 5.73. The third-order valence-electron chi connectivity index (χ3n) is 2.97. The maximum absolute atomic E-state index is 11.3. The van der Waals surface area contributed by atoms with Gasteiger partial charge in [0.25, 0.3) is 0 Å². The van der Waals surface area contributed by atoms with E-state index in [0.717, 1.165) is 23.5 Å². The van der Waals surface area contributed by atoms with Crippen LogP contribution in [0.25, 0.3) is 0 Å². The van der Waals surface area contributed by atoms with Crippen molar-refractivity contribution in [2.24, 2.45) is 5.92 Å². The summed E-state index contributed by atoms with van der Waals surface area (Å²) in [6, 6.07) is 5.94. The van der Waals surface area contributed by atoms with Gasteiger partial charge in [0.2, 0.25) is 0 Å². The van der Waals surface area contributed by atoms with Gasteiger partial charge in [-0.2, -0.15) is 0 Å². The number of benzene rings is 1. The Kier molecular flexibility index (Phi) is 3.62. The Balaban J connectivity index is 2.35. The normalized spacial score (nSPS) is 16.2. The van der Waals surface area contributed by atoms with Crippen molar-refractivity contribution in [3.05, 3.63) is 23.8 Å². The van der Waals surface area contributed by atoms with Gasteiger partial charge in [-0.25, -0.2) is 0 Å². The monoisotopic (exact) mass is 251 g/mol. The fourth-order valence-corrected chi connectivity index (χ4v) is 3.10. The van der Waals surface area contributed by atoms with Crippen LogP contribution < -0.4 is 5.32 Å². The molecule has 2 rings (SSSR count). The zero-order valence-corrected chi connectivity index (χ0v) is 10.9. The van der Waals surface area contributed by atoms with Gasteiger partial charge in [-0.1, -0.05) is 19.9 Å². The van der Waals surface area contributed by atoms with Crippen molar-refractivity contribution in [1.29, 1.82) is 0 Å². The molecule has 4 heteroatoms. The first-order valence-corrected chi connectivity index (χ1v) is 6.81. The summed E-state index contributed by atoms with van der Waals surface area (Å²) in [6.45, 7) is 4.87. The molecular formula is C13H17NO2S. The fraction of sp³-hybridized carbons (Fsp3) is 0.462. The number of carboxylic acids is 1. The lowest BCUT2D eigenvalue weighted by atomic mass is 9.88. The van der Waals surface area contributed by atoms with Crippen molar-refractivity contribution in [3.8, 4) is 0 Å². The van der Waals surface area contributed by atoms with Crippen LogP contribution in [0.5, 0.6) is 0 Å². The zero-order chi connectivity index (χ0) is 12.4. The molecule has 17 heavy (non-hydrogen) atoms. The number of thioether (sulfide) groups is 1. The van der Waals surface area contributed by atoms with Crippen LogP contribution in [0.2, 0.25) is 0 Å². The average molecular weight is 251 g/mol. The summed E-state index contributed by atoms with van der Waals surface area (Å²) >= 11 is 1.79. The van der Waals surface area contributed by atoms with Gasteiger partial charge in [0.15, 0.2) is 0 Å². The summed E-state index contributed by atoms with van der Waals surface area (Å²) in [6.07, 6.45) is 0. The third kappa shape index (κ3) is 2.57. The maximum atomic E-state index is 11.3. The smallest absolute Gasteiger partial charge is 0.311 e. The topological polar surface area (TPSA) is 49.3 Å². The Morgan fingerprint density at radius 2 is 2.24 bits per heavy atom. The van der Waals surface area contributed by atoms with Gasteiger partial charge in [-0.3, -0.25) is 4.79 Å². The Hall–Kier alpha value is -1.16. The van der Waals surface area contributed by atoms with E-state index in [4.69, 9.17) is 0 Å². The number of hydrogen-bond donors (Lipinski definition) is 2. The number of carbonyl (C=O) groups is 1. The van der Waals surface area contributed by atoms with E-state index >= 15 is 0 Å². The summed E-state index contributed by atoms with van der Waals surface area (Å²) in [5.41, 5.74) is 2.03. The first kappa shape index (κ1) is 12.3. The number of nitrogens with one attached hydrogen (secondary N) is 1. The molecule has 0 saturated carbocycles. The van der Waals surface area contributed by atoms with Gasteiger partial charge < -0.3 is 10.4 Å². The Labute approximate surface area is 106 Å². The summed E-state index contributed by atoms with van der Waals surface area (Å²) in [4.78, 5) is 12.5. The van der Waals surface area contributed by atoms with E-state index in [1.807, 2.05) is 32.0 Å². The highest BCUT2D eigenvalue weighted by atomic mass is 32.2. The van der Waals surface area contributed by atoms with Crippen molar-refractivity contribution in [2.75, 3.05) is 17.6 Å². The van der Waals surface area contributed by atoms with Gasteiger partial charge in [0.1, 0.15) is 0 Å². The predicted octanol–water partition coefficient (Wildman–Crippen LogP) is 3.03. The van der Waals surface area contributed by atoms with Crippen molar-refractivity contribution in [2.45, 2.75) is 24.7 Å². The fourth-order valence-electron chi connectivity index (χ4n) is 2.16. The van der Waals surface area contributed by atoms with Crippen LogP contribution >= 0.6 is 11.8 Å². The molecule has 0 aromatic heterocycles. The molecule has 3 nitrogen and oxygen atoms in total. The van der Waals surface area contributed by atoms with E-state index < -0.39 is 11.9 Å². The number of aliphatic carboxylic acids is 1. The molecular weight excluding hydrogens is 234 g/mol. The SMILES string of the molecule is CC(C)C(C(=O)O)c1ccc2c(c1)SCCN2. The number of carboxylic acid groups (broad SMARTS) is 1. The number of hydrogen-bond acceptors (Lipinski definition) is 3. The lowest BCUT2D eigenvalue weighted by Crippen LogP contribution is -2.18. The number of fused-ring (bicyclic) bond motifs is 1. The number of rotatable bonds is 3. The number of anilines is 1. The zero-order valence-electron chi connectivity index (χ0n) is 10.1. The highest BCUT2D eigenvalue weighted by Crippen LogP contribution is 2.35. The molecule has 0 fully saturated rings. The molecule has 1 heterocycles. The highest BCUT2D eigenvalue weighted by molar-refractivity contribution is 7.99. The van der Waals surface area contributed by atoms with Crippen LogP contribution in [0.3, 0.4) is 0 Å². The van der Waals surface area contributed by atoms with Crippen LogP contribution in [0.4, 0.5) is 5.69 Å². The minimum absolute atomic E-state index is 0.104. The minimum atomic E-state index is -0.742. The van der Waals surface area contributed by atoms with Crippen molar-refractivity contribution >= 4 is 23.4 Å². The Morgan fingerprint density at radius 1 is 1.47 bits per heavy atom. The van der Waals surface area contributed by atoms with Gasteiger partial charge >= 0.3 is 5.97 Å². The quantitative estimate of drug-likeness (QED) is 0.867. The largest absolute Gasteiger partial charge is 0.481 e. The predicted molar refractivity (Wildman–Crippen MR) is 70.9 cm³/mol. The lowest BCUT2D eigenvalue weighted by molar-refractivity contribution is -0.139. The molecule has 92 valence electrons. The van der Waals surface area contributed by atoms with Gasteiger partial charge in [0, 0.05) is 22.9 Å². The van der Waals surface area contributed by atoms with Gasteiger partial charge in [0.05, 0.1) is 5.92 Å². The first-order chi connectivity index (χ1) is 8.09. The first-order valence-electron chi connectivity index (χ1n) is 5.83. The summed E-state index contributed by atoms with van der Waals surface area (Å²) in [5, 5.41) is 12.6. The highest BCUT2D eigenvalue weighted by Gasteiger charge is 2.24. The second-order valence-electron chi connectivity index (χ2n) is 4.59. The van der Waals surface area contributed by atoms with Crippen LogP contribution in [0.1, 0.15) is 25.3 Å². The molecule has 1 aromatic carbocycles. The van der Waals surface area contributed by atoms with Crippen LogP contribution in [-0.2, 0) is 4.79 Å². The maximum Gasteiger partial charge on any atom is 0.311 e. The molecule has 1 atom stereocenters. The molecule has 0 spiro atoms. The molecule has 1 unspecified atom stereocenters. The molecule has 1 aliphatic rings. The molecule has 0 radical (unpaired) electrons. The van der Waals surface area contributed by atoms with E-state index in [1.54, 1.807) is 11.8 Å². The molecule has 0 bridgehead atoms. The second kappa shape index (κ2) is 5.00. The molecule has 1 aromatic rings. The van der Waals surface area contributed by atoms with Gasteiger partial charge in [-0.15, -0.1) is 11.8 Å². The third-order valence-corrected chi connectivity index (χ3v) is 4.03. The minimum Gasteiger partial charge on any atom is -0.481 e. The average Bonchev–Trinajstić information content (AvgIpc) is 2.28. The van der Waals surface area contributed by atoms with Crippen molar-refractivity contribution < 1.29 is 9.90 Å². The van der Waals surface area contributed by atoms with Crippen LogP contribution in [0.15, 0.2) is 23.1 Å². The van der Waals surface area contributed by atoms with Crippen LogP contribution in [0, 0.1) is 5.92 Å². The van der Waals surface area contributed by atoms with E-state index in [1.165, 1.54) is 4.90 Å². The standard InChI is InChI=1S/C13H17NO2S/c1-8(2)12(13(15)16)9-3-4-10-11(7-9)17-6-5-14-10/h3-4,7-8,12,14H,5-6H2,1-2H3,(H,15,16). The van der Waals surface area contributed by atoms with E-state index in [-0.39, 0.29) is 5.92 Å². The van der Waals surface area contributed by atoms with Crippen LogP contribution in [-0.4, -0.2) is 23.4 Å². The molecule has 0 amide bonds. The molecule has 0 aliphatic carbocycles. The summed E-state index contributed by atoms with van der Waals surface area (Å²) in [7, 11) is 0. The Bertz CT molecular complexity index is 431. The van der Waals surface area contributed by atoms with E-state index in [9.17, 15) is 9.90 Å². The summed E-state index contributed by atoms with van der Waals surface area (Å²) in [5.74, 6) is -0.0146. The van der Waals surface area contributed by atoms with Crippen molar-refractivity contribution in [1.82, 2.24) is 0 Å². The summed E-state index contributed by atoms with van der Waals surface area (Å²) < 4.78 is 0. The van der Waals surface area contributed by atoms with Crippen molar-refractivity contribution in [3.63, 3.8) is 0 Å².